The van der Waals surface area contributed by atoms with Crippen LogP contribution in [0.4, 0.5) is 0 Å². The Labute approximate surface area is 124 Å². The summed E-state index contributed by atoms with van der Waals surface area (Å²) in [5.74, 6) is 1.23. The first-order valence-corrected chi connectivity index (χ1v) is 7.02. The van der Waals surface area contributed by atoms with Gasteiger partial charge in [-0.3, -0.25) is 0 Å². The Bertz CT molecular complexity index is 773. The summed E-state index contributed by atoms with van der Waals surface area (Å²) in [6.07, 6.45) is 0.710. The normalized spacial score (nSPS) is 10.8. The second-order valence-corrected chi connectivity index (χ2v) is 5.27. The average Bonchev–Trinajstić information content (AvgIpc) is 2.53. The summed E-state index contributed by atoms with van der Waals surface area (Å²) in [5.41, 5.74) is 3.30. The number of methoxy groups -OCH3 is 1. The van der Waals surface area contributed by atoms with E-state index < -0.39 is 0 Å². The first-order chi connectivity index (χ1) is 10.2. The van der Waals surface area contributed by atoms with Crippen molar-refractivity contribution in [2.24, 2.45) is 0 Å². The van der Waals surface area contributed by atoms with Gasteiger partial charge in [0.25, 0.3) is 0 Å². The number of phenols is 1. The van der Waals surface area contributed by atoms with E-state index in [-0.39, 0.29) is 0 Å². The van der Waals surface area contributed by atoms with Gasteiger partial charge in [0.05, 0.1) is 7.11 Å². The van der Waals surface area contributed by atoms with Crippen molar-refractivity contribution in [3.63, 3.8) is 0 Å². The molecule has 1 N–H and O–H groups in total. The lowest BCUT2D eigenvalue weighted by Crippen LogP contribution is -1.92. The first-order valence-electron chi connectivity index (χ1n) is 7.02. The van der Waals surface area contributed by atoms with Crippen LogP contribution in [0.15, 0.2) is 54.6 Å². The molecule has 2 heteroatoms. The van der Waals surface area contributed by atoms with Crippen molar-refractivity contribution in [1.29, 1.82) is 0 Å². The van der Waals surface area contributed by atoms with E-state index >= 15 is 0 Å². The van der Waals surface area contributed by atoms with Crippen LogP contribution in [0.5, 0.6) is 11.5 Å². The van der Waals surface area contributed by atoms with Crippen molar-refractivity contribution in [2.75, 3.05) is 7.11 Å². The SMILES string of the molecule is COc1ccc(Cc2cc(C)c3ccccc3c2O)cc1. The van der Waals surface area contributed by atoms with Gasteiger partial charge in [-0.25, -0.2) is 0 Å². The van der Waals surface area contributed by atoms with Gasteiger partial charge >= 0.3 is 0 Å². The Balaban J connectivity index is 2.02. The first kappa shape index (κ1) is 13.5. The van der Waals surface area contributed by atoms with Crippen molar-refractivity contribution < 1.29 is 9.84 Å². The lowest BCUT2D eigenvalue weighted by Gasteiger charge is -2.11. The van der Waals surface area contributed by atoms with Crippen LogP contribution in [0.1, 0.15) is 16.7 Å². The quantitative estimate of drug-likeness (QED) is 0.766. The van der Waals surface area contributed by atoms with Crippen molar-refractivity contribution in [3.05, 3.63) is 71.3 Å². The summed E-state index contributed by atoms with van der Waals surface area (Å²) in [6, 6.07) is 18.0. The standard InChI is InChI=1S/C19H18O2/c1-13-11-15(12-14-7-9-16(21-2)10-8-14)19(20)18-6-4-3-5-17(13)18/h3-11,20H,12H2,1-2H3. The average molecular weight is 278 g/mol. The van der Waals surface area contributed by atoms with E-state index in [1.807, 2.05) is 48.5 Å². The zero-order chi connectivity index (χ0) is 14.8. The maximum Gasteiger partial charge on any atom is 0.126 e. The molecule has 0 aromatic heterocycles. The minimum absolute atomic E-state index is 0.381. The fraction of sp³-hybridized carbons (Fsp3) is 0.158. The Kier molecular flexibility index (Phi) is 3.53. The number of aryl methyl sites for hydroxylation is 1. The van der Waals surface area contributed by atoms with Crippen LogP contribution in [0, 0.1) is 6.92 Å². The molecule has 3 aromatic carbocycles. The lowest BCUT2D eigenvalue weighted by molar-refractivity contribution is 0.414. The fourth-order valence-corrected chi connectivity index (χ4v) is 2.71. The second-order valence-electron chi connectivity index (χ2n) is 5.27. The molecule has 106 valence electrons. The number of ether oxygens (including phenoxy) is 1. The third-order valence-corrected chi connectivity index (χ3v) is 3.86. The summed E-state index contributed by atoms with van der Waals surface area (Å²) in [4.78, 5) is 0. The van der Waals surface area contributed by atoms with Gasteiger partial charge in [0.15, 0.2) is 0 Å². The molecule has 2 nitrogen and oxygen atoms in total. The highest BCUT2D eigenvalue weighted by Crippen LogP contribution is 2.32. The number of rotatable bonds is 3. The molecule has 0 aliphatic rings. The van der Waals surface area contributed by atoms with E-state index in [0.29, 0.717) is 12.2 Å². The molecule has 0 aliphatic carbocycles. The summed E-state index contributed by atoms with van der Waals surface area (Å²) in [5, 5.41) is 12.5. The molecule has 0 aliphatic heterocycles. The Morgan fingerprint density at radius 2 is 1.62 bits per heavy atom. The van der Waals surface area contributed by atoms with Crippen LogP contribution in [0.2, 0.25) is 0 Å². The van der Waals surface area contributed by atoms with Gasteiger partial charge in [-0.15, -0.1) is 0 Å². The maximum atomic E-state index is 10.5. The van der Waals surface area contributed by atoms with E-state index in [1.54, 1.807) is 7.11 Å². The fourth-order valence-electron chi connectivity index (χ4n) is 2.71. The molecular formula is C19H18O2. The molecule has 0 amide bonds. The molecule has 0 heterocycles. The Morgan fingerprint density at radius 3 is 2.29 bits per heavy atom. The van der Waals surface area contributed by atoms with Crippen LogP contribution < -0.4 is 4.74 Å². The van der Waals surface area contributed by atoms with E-state index in [1.165, 1.54) is 5.56 Å². The van der Waals surface area contributed by atoms with Gasteiger partial charge in [-0.2, -0.15) is 0 Å². The molecule has 0 saturated carbocycles. The van der Waals surface area contributed by atoms with Gasteiger partial charge in [0.1, 0.15) is 11.5 Å². The zero-order valence-corrected chi connectivity index (χ0v) is 12.3. The smallest absolute Gasteiger partial charge is 0.126 e. The number of fused-ring (bicyclic) bond motifs is 1. The summed E-state index contributed by atoms with van der Waals surface area (Å²) < 4.78 is 5.17. The predicted molar refractivity (Wildman–Crippen MR) is 86.1 cm³/mol. The summed E-state index contributed by atoms with van der Waals surface area (Å²) >= 11 is 0. The molecule has 0 spiro atoms. The topological polar surface area (TPSA) is 29.5 Å². The van der Waals surface area contributed by atoms with Crippen LogP contribution in [-0.2, 0) is 6.42 Å². The van der Waals surface area contributed by atoms with E-state index in [0.717, 1.165) is 27.6 Å². The van der Waals surface area contributed by atoms with Crippen molar-refractivity contribution in [1.82, 2.24) is 0 Å². The third-order valence-electron chi connectivity index (χ3n) is 3.86. The molecule has 0 radical (unpaired) electrons. The van der Waals surface area contributed by atoms with E-state index in [4.69, 9.17) is 4.74 Å². The van der Waals surface area contributed by atoms with Gasteiger partial charge in [-0.1, -0.05) is 42.5 Å². The summed E-state index contributed by atoms with van der Waals surface area (Å²) in [7, 11) is 1.66. The largest absolute Gasteiger partial charge is 0.507 e. The minimum Gasteiger partial charge on any atom is -0.507 e. The van der Waals surface area contributed by atoms with Gasteiger partial charge in [0, 0.05) is 11.8 Å². The van der Waals surface area contributed by atoms with Crippen molar-refractivity contribution in [3.8, 4) is 11.5 Å². The minimum atomic E-state index is 0.381. The van der Waals surface area contributed by atoms with Gasteiger partial charge in [0.2, 0.25) is 0 Å². The van der Waals surface area contributed by atoms with Gasteiger partial charge in [-0.05, 0) is 41.1 Å². The van der Waals surface area contributed by atoms with Crippen LogP contribution in [-0.4, -0.2) is 12.2 Å². The van der Waals surface area contributed by atoms with Gasteiger partial charge < -0.3 is 9.84 Å². The Hall–Kier alpha value is -2.48. The zero-order valence-electron chi connectivity index (χ0n) is 12.3. The molecule has 0 saturated heterocycles. The molecule has 0 fully saturated rings. The molecule has 3 aromatic rings. The van der Waals surface area contributed by atoms with Crippen LogP contribution >= 0.6 is 0 Å². The number of phenolic OH excluding ortho intramolecular Hbond substituents is 1. The second kappa shape index (κ2) is 5.49. The highest BCUT2D eigenvalue weighted by Gasteiger charge is 2.09. The number of aromatic hydroxyl groups is 1. The third kappa shape index (κ3) is 2.57. The Morgan fingerprint density at radius 1 is 0.952 bits per heavy atom. The highest BCUT2D eigenvalue weighted by atomic mass is 16.5. The number of benzene rings is 3. The molecule has 0 bridgehead atoms. The predicted octanol–water partition coefficient (Wildman–Crippen LogP) is 4.45. The lowest BCUT2D eigenvalue weighted by atomic mass is 9.96. The number of hydrogen-bond donors (Lipinski definition) is 1. The highest BCUT2D eigenvalue weighted by molar-refractivity contribution is 5.92. The number of hydrogen-bond acceptors (Lipinski definition) is 2. The molecule has 3 rings (SSSR count). The van der Waals surface area contributed by atoms with Crippen molar-refractivity contribution >= 4 is 10.8 Å². The molecule has 21 heavy (non-hydrogen) atoms. The van der Waals surface area contributed by atoms with E-state index in [9.17, 15) is 5.11 Å². The monoisotopic (exact) mass is 278 g/mol. The van der Waals surface area contributed by atoms with Crippen molar-refractivity contribution in [2.45, 2.75) is 13.3 Å². The molecule has 0 unspecified atom stereocenters. The molecular weight excluding hydrogens is 260 g/mol. The van der Waals surface area contributed by atoms with E-state index in [2.05, 4.69) is 13.0 Å². The molecule has 0 atom stereocenters. The summed E-state index contributed by atoms with van der Waals surface area (Å²) in [6.45, 7) is 2.08. The van der Waals surface area contributed by atoms with Crippen LogP contribution in [0.3, 0.4) is 0 Å². The maximum absolute atomic E-state index is 10.5. The van der Waals surface area contributed by atoms with Crippen LogP contribution in [0.25, 0.3) is 10.8 Å².